The largest absolute Gasteiger partial charge is 0.491 e. The van der Waals surface area contributed by atoms with E-state index in [1.54, 1.807) is 24.3 Å². The van der Waals surface area contributed by atoms with Crippen LogP contribution in [0.5, 0.6) is 5.75 Å². The van der Waals surface area contributed by atoms with E-state index in [0.29, 0.717) is 33.9 Å². The van der Waals surface area contributed by atoms with E-state index in [1.807, 2.05) is 13.0 Å². The molecule has 0 radical (unpaired) electrons. The molecular weight excluding hydrogens is 415 g/mol. The van der Waals surface area contributed by atoms with Crippen molar-refractivity contribution >= 4 is 44.2 Å². The summed E-state index contributed by atoms with van der Waals surface area (Å²) in [7, 11) is 0. The molecule has 0 bridgehead atoms. The third-order valence-corrected chi connectivity index (χ3v) is 4.24. The molecule has 27 heavy (non-hydrogen) atoms. The molecule has 6 nitrogen and oxygen atoms in total. The van der Waals surface area contributed by atoms with E-state index in [0.717, 1.165) is 5.39 Å². The lowest BCUT2D eigenvalue weighted by Gasteiger charge is -2.14. The summed E-state index contributed by atoms with van der Waals surface area (Å²) >= 11 is 3.24. The highest BCUT2D eigenvalue weighted by Gasteiger charge is 2.10. The van der Waals surface area contributed by atoms with Crippen molar-refractivity contribution in [1.29, 1.82) is 0 Å². The van der Waals surface area contributed by atoms with E-state index in [1.165, 1.54) is 19.3 Å². The minimum absolute atomic E-state index is 0.103. The Kier molecular flexibility index (Phi) is 5.85. The Morgan fingerprint density at radius 2 is 2.07 bits per heavy atom. The van der Waals surface area contributed by atoms with Crippen LogP contribution in [0.15, 0.2) is 47.2 Å². The maximum Gasteiger partial charge on any atom is 0.217 e. The van der Waals surface area contributed by atoms with Crippen molar-refractivity contribution in [2.24, 2.45) is 0 Å². The normalized spacial score (nSPS) is 11.9. The first-order valence-electron chi connectivity index (χ1n) is 8.29. The minimum Gasteiger partial charge on any atom is -0.491 e. The highest BCUT2D eigenvalue weighted by atomic mass is 79.9. The molecule has 2 N–H and O–H groups in total. The van der Waals surface area contributed by atoms with Crippen LogP contribution in [0.1, 0.15) is 13.8 Å². The van der Waals surface area contributed by atoms with Gasteiger partial charge in [-0.3, -0.25) is 4.79 Å². The van der Waals surface area contributed by atoms with E-state index in [9.17, 15) is 9.18 Å². The molecule has 3 rings (SSSR count). The zero-order chi connectivity index (χ0) is 19.4. The molecule has 1 heterocycles. The number of amides is 1. The third kappa shape index (κ3) is 4.91. The highest BCUT2D eigenvalue weighted by molar-refractivity contribution is 9.10. The maximum atomic E-state index is 14.1. The number of anilines is 2. The van der Waals surface area contributed by atoms with Gasteiger partial charge in [-0.25, -0.2) is 14.4 Å². The Hall–Kier alpha value is -2.74. The van der Waals surface area contributed by atoms with Crippen LogP contribution in [0, 0.1) is 5.82 Å². The summed E-state index contributed by atoms with van der Waals surface area (Å²) in [5, 5.41) is 6.49. The zero-order valence-electron chi connectivity index (χ0n) is 14.8. The monoisotopic (exact) mass is 432 g/mol. The van der Waals surface area contributed by atoms with Gasteiger partial charge >= 0.3 is 0 Å². The van der Waals surface area contributed by atoms with E-state index in [2.05, 4.69) is 36.5 Å². The smallest absolute Gasteiger partial charge is 0.217 e. The van der Waals surface area contributed by atoms with E-state index < -0.39 is 0 Å². The van der Waals surface area contributed by atoms with Gasteiger partial charge in [0.15, 0.2) is 0 Å². The van der Waals surface area contributed by atoms with E-state index in [-0.39, 0.29) is 17.8 Å². The number of hydrogen-bond acceptors (Lipinski definition) is 5. The van der Waals surface area contributed by atoms with Gasteiger partial charge in [-0.2, -0.15) is 0 Å². The predicted octanol–water partition coefficient (Wildman–Crippen LogP) is 4.18. The van der Waals surface area contributed by atoms with Gasteiger partial charge in [0.1, 0.15) is 30.3 Å². The standard InChI is InChI=1S/C19H18BrFN4O2/c1-11(24-12(2)26)9-27-14-4-5-15-18(8-14)22-10-23-19(15)25-17-6-3-13(20)7-16(17)21/h3-8,10-11H,9H2,1-2H3,(H,24,26)(H,22,23,25). The van der Waals surface area contributed by atoms with Crippen LogP contribution < -0.4 is 15.4 Å². The average Bonchev–Trinajstić information content (AvgIpc) is 2.61. The van der Waals surface area contributed by atoms with E-state index >= 15 is 0 Å². The summed E-state index contributed by atoms with van der Waals surface area (Å²) in [4.78, 5) is 19.5. The summed E-state index contributed by atoms with van der Waals surface area (Å²) < 4.78 is 20.4. The summed E-state index contributed by atoms with van der Waals surface area (Å²) in [6.07, 6.45) is 1.41. The van der Waals surface area contributed by atoms with Gasteiger partial charge in [0.05, 0.1) is 17.2 Å². The number of nitrogens with one attached hydrogen (secondary N) is 2. The Morgan fingerprint density at radius 1 is 1.26 bits per heavy atom. The molecule has 0 aliphatic heterocycles. The van der Waals surface area contributed by atoms with Crippen LogP contribution in [0.3, 0.4) is 0 Å². The van der Waals surface area contributed by atoms with Gasteiger partial charge in [-0.05, 0) is 37.3 Å². The van der Waals surface area contributed by atoms with Gasteiger partial charge in [-0.1, -0.05) is 15.9 Å². The van der Waals surface area contributed by atoms with Crippen LogP contribution in [-0.4, -0.2) is 28.5 Å². The molecular formula is C19H18BrFN4O2. The molecule has 0 aliphatic rings. The lowest BCUT2D eigenvalue weighted by molar-refractivity contribution is -0.119. The fourth-order valence-electron chi connectivity index (χ4n) is 2.55. The second-order valence-corrected chi connectivity index (χ2v) is 6.98. The molecule has 2 aromatic carbocycles. The van der Waals surface area contributed by atoms with Crippen molar-refractivity contribution in [2.75, 3.05) is 11.9 Å². The van der Waals surface area contributed by atoms with Gasteiger partial charge in [-0.15, -0.1) is 0 Å². The average molecular weight is 433 g/mol. The quantitative estimate of drug-likeness (QED) is 0.610. The summed E-state index contributed by atoms with van der Waals surface area (Å²) in [6.45, 7) is 3.66. The van der Waals surface area contributed by atoms with Crippen molar-refractivity contribution in [1.82, 2.24) is 15.3 Å². The topological polar surface area (TPSA) is 76.1 Å². The summed E-state index contributed by atoms with van der Waals surface area (Å²) in [5.74, 6) is 0.634. The maximum absolute atomic E-state index is 14.1. The first kappa shape index (κ1) is 19.0. The molecule has 3 aromatic rings. The van der Waals surface area contributed by atoms with E-state index in [4.69, 9.17) is 4.74 Å². The molecule has 1 atom stereocenters. The molecule has 0 spiro atoms. The van der Waals surface area contributed by atoms with Crippen LogP contribution in [0.25, 0.3) is 10.9 Å². The number of fused-ring (bicyclic) bond motifs is 1. The highest BCUT2D eigenvalue weighted by Crippen LogP contribution is 2.28. The zero-order valence-corrected chi connectivity index (χ0v) is 16.4. The van der Waals surface area contributed by atoms with Gasteiger partial charge in [0.2, 0.25) is 5.91 Å². The molecule has 0 saturated carbocycles. The molecule has 8 heteroatoms. The van der Waals surface area contributed by atoms with Crippen molar-refractivity contribution in [3.05, 3.63) is 53.0 Å². The molecule has 1 aromatic heterocycles. The number of aromatic nitrogens is 2. The molecule has 1 amide bonds. The Labute approximate surface area is 164 Å². The van der Waals surface area contributed by atoms with Crippen molar-refractivity contribution < 1.29 is 13.9 Å². The fraction of sp³-hybridized carbons (Fsp3) is 0.211. The number of carbonyl (C=O) groups excluding carboxylic acids is 1. The minimum atomic E-state index is -0.386. The number of ether oxygens (including phenoxy) is 1. The summed E-state index contributed by atoms with van der Waals surface area (Å²) in [5.41, 5.74) is 0.984. The van der Waals surface area contributed by atoms with Crippen molar-refractivity contribution in [2.45, 2.75) is 19.9 Å². The van der Waals surface area contributed by atoms with Gasteiger partial charge < -0.3 is 15.4 Å². The Balaban J connectivity index is 1.79. The number of benzene rings is 2. The molecule has 0 saturated heterocycles. The number of halogens is 2. The van der Waals surface area contributed by atoms with Crippen LogP contribution >= 0.6 is 15.9 Å². The lowest BCUT2D eigenvalue weighted by atomic mass is 10.2. The predicted molar refractivity (Wildman–Crippen MR) is 106 cm³/mol. The molecule has 0 fully saturated rings. The Bertz CT molecular complexity index is 983. The third-order valence-electron chi connectivity index (χ3n) is 3.74. The molecule has 0 aliphatic carbocycles. The van der Waals surface area contributed by atoms with Gasteiger partial charge in [0.25, 0.3) is 0 Å². The van der Waals surface area contributed by atoms with Crippen molar-refractivity contribution in [3.8, 4) is 5.75 Å². The number of rotatable bonds is 6. The number of carbonyl (C=O) groups is 1. The number of hydrogen-bond donors (Lipinski definition) is 2. The van der Waals surface area contributed by atoms with Crippen LogP contribution in [-0.2, 0) is 4.79 Å². The van der Waals surface area contributed by atoms with Gasteiger partial charge in [0, 0.05) is 22.8 Å². The van der Waals surface area contributed by atoms with Crippen molar-refractivity contribution in [3.63, 3.8) is 0 Å². The first-order valence-corrected chi connectivity index (χ1v) is 9.08. The molecule has 140 valence electrons. The van der Waals surface area contributed by atoms with Crippen LogP contribution in [0.2, 0.25) is 0 Å². The lowest BCUT2D eigenvalue weighted by Crippen LogP contribution is -2.35. The van der Waals surface area contributed by atoms with Crippen LogP contribution in [0.4, 0.5) is 15.9 Å². The second-order valence-electron chi connectivity index (χ2n) is 6.06. The molecule has 1 unspecified atom stereocenters. The first-order chi connectivity index (χ1) is 12.9. The fourth-order valence-corrected chi connectivity index (χ4v) is 2.89. The SMILES string of the molecule is CC(=O)NC(C)COc1ccc2c(Nc3ccc(Br)cc3F)ncnc2c1. The second kappa shape index (κ2) is 8.30. The Morgan fingerprint density at radius 3 is 2.81 bits per heavy atom. The summed E-state index contributed by atoms with van der Waals surface area (Å²) in [6, 6.07) is 10.0. The number of nitrogens with zero attached hydrogens (tertiary/aromatic N) is 2.